The maximum Gasteiger partial charge on any atom is 0.161 e. The van der Waals surface area contributed by atoms with E-state index >= 15 is 0 Å². The highest BCUT2D eigenvalue weighted by Crippen LogP contribution is 2.35. The van der Waals surface area contributed by atoms with Gasteiger partial charge in [-0.15, -0.1) is 0 Å². The van der Waals surface area contributed by atoms with Gasteiger partial charge in [0, 0.05) is 5.54 Å². The van der Waals surface area contributed by atoms with Crippen LogP contribution in [0, 0.1) is 0 Å². The molecule has 0 aliphatic heterocycles. The number of nitrogens with one attached hydrogen (secondary N) is 1. The Labute approximate surface area is 123 Å². The number of hydrogen-bond donors (Lipinski definition) is 1. The van der Waals surface area contributed by atoms with Gasteiger partial charge < -0.3 is 19.7 Å². The first-order chi connectivity index (χ1) is 9.38. The Morgan fingerprint density at radius 1 is 1.15 bits per heavy atom. The summed E-state index contributed by atoms with van der Waals surface area (Å²) in [5, 5.41) is 3.57. The number of rotatable bonds is 7. The summed E-state index contributed by atoms with van der Waals surface area (Å²) in [7, 11) is 7.53. The molecule has 114 valence electrons. The third kappa shape index (κ3) is 3.44. The second-order valence-corrected chi connectivity index (χ2v) is 5.65. The Morgan fingerprint density at radius 3 is 2.20 bits per heavy atom. The van der Waals surface area contributed by atoms with E-state index in [0.717, 1.165) is 18.0 Å². The summed E-state index contributed by atoms with van der Waals surface area (Å²) in [4.78, 5) is 2.23. The van der Waals surface area contributed by atoms with Crippen LogP contribution < -0.4 is 14.8 Å². The summed E-state index contributed by atoms with van der Waals surface area (Å²) in [5.74, 6) is 1.52. The Bertz CT molecular complexity index is 430. The van der Waals surface area contributed by atoms with Crippen molar-refractivity contribution in [2.45, 2.75) is 32.4 Å². The molecule has 4 heteroatoms. The summed E-state index contributed by atoms with van der Waals surface area (Å²) < 4.78 is 10.7. The van der Waals surface area contributed by atoms with Crippen LogP contribution in [0.2, 0.25) is 0 Å². The van der Waals surface area contributed by atoms with Crippen molar-refractivity contribution in [2.75, 3.05) is 34.9 Å². The van der Waals surface area contributed by atoms with Gasteiger partial charge in [0.05, 0.1) is 20.3 Å². The third-order valence-corrected chi connectivity index (χ3v) is 4.01. The minimum atomic E-state index is -0.0182. The van der Waals surface area contributed by atoms with E-state index in [1.165, 1.54) is 5.56 Å². The van der Waals surface area contributed by atoms with Gasteiger partial charge in [0.1, 0.15) is 0 Å². The molecular formula is C16H28N2O2. The highest BCUT2D eigenvalue weighted by molar-refractivity contribution is 5.44. The van der Waals surface area contributed by atoms with Crippen molar-refractivity contribution in [1.82, 2.24) is 10.2 Å². The van der Waals surface area contributed by atoms with Crippen LogP contribution in [0.4, 0.5) is 0 Å². The number of likely N-dealkylation sites (N-methyl/N-ethyl adjacent to an activating group) is 2. The van der Waals surface area contributed by atoms with E-state index in [-0.39, 0.29) is 11.6 Å². The lowest BCUT2D eigenvalue weighted by Gasteiger charge is -2.41. The maximum atomic E-state index is 5.41. The van der Waals surface area contributed by atoms with Crippen molar-refractivity contribution in [1.29, 1.82) is 0 Å². The number of hydrogen-bond acceptors (Lipinski definition) is 4. The van der Waals surface area contributed by atoms with Gasteiger partial charge in [-0.1, -0.05) is 13.0 Å². The van der Waals surface area contributed by atoms with Crippen LogP contribution in [0.1, 0.15) is 32.4 Å². The van der Waals surface area contributed by atoms with Crippen molar-refractivity contribution in [3.8, 4) is 11.5 Å². The van der Waals surface area contributed by atoms with Gasteiger partial charge in [0.15, 0.2) is 11.5 Å². The zero-order valence-electron chi connectivity index (χ0n) is 13.8. The first-order valence-electron chi connectivity index (χ1n) is 7.01. The van der Waals surface area contributed by atoms with E-state index < -0.39 is 0 Å². The smallest absolute Gasteiger partial charge is 0.161 e. The van der Waals surface area contributed by atoms with E-state index in [0.29, 0.717) is 0 Å². The largest absolute Gasteiger partial charge is 0.493 e. The average Bonchev–Trinajstić information content (AvgIpc) is 2.43. The molecular weight excluding hydrogens is 252 g/mol. The second kappa shape index (κ2) is 6.95. The Morgan fingerprint density at radius 2 is 1.75 bits per heavy atom. The first kappa shape index (κ1) is 16.8. The molecule has 1 unspecified atom stereocenters. The summed E-state index contributed by atoms with van der Waals surface area (Å²) in [6, 6.07) is 6.32. The molecule has 0 aliphatic rings. The lowest BCUT2D eigenvalue weighted by molar-refractivity contribution is 0.139. The molecule has 1 N–H and O–H groups in total. The van der Waals surface area contributed by atoms with Gasteiger partial charge in [-0.25, -0.2) is 0 Å². The van der Waals surface area contributed by atoms with Crippen LogP contribution in [0.3, 0.4) is 0 Å². The average molecular weight is 280 g/mol. The monoisotopic (exact) mass is 280 g/mol. The third-order valence-electron chi connectivity index (χ3n) is 4.01. The predicted molar refractivity (Wildman–Crippen MR) is 83.7 cm³/mol. The number of nitrogens with zero attached hydrogens (tertiary/aromatic N) is 1. The molecule has 0 bridgehead atoms. The van der Waals surface area contributed by atoms with Crippen molar-refractivity contribution >= 4 is 0 Å². The summed E-state index contributed by atoms with van der Waals surface area (Å²) in [5.41, 5.74) is 1.18. The van der Waals surface area contributed by atoms with Gasteiger partial charge >= 0.3 is 0 Å². The molecule has 20 heavy (non-hydrogen) atoms. The molecule has 0 fully saturated rings. The van der Waals surface area contributed by atoms with Crippen LogP contribution in [-0.2, 0) is 0 Å². The molecule has 0 amide bonds. The van der Waals surface area contributed by atoms with Crippen LogP contribution in [0.5, 0.6) is 11.5 Å². The standard InChI is InChI=1S/C16H28N2O2/c1-8-17-15(16(2,3)18(4)5)12-9-10-13(19-6)14(11-12)20-7/h9-11,15,17H,8H2,1-7H3. The van der Waals surface area contributed by atoms with Gasteiger partial charge in [0.25, 0.3) is 0 Å². The molecule has 0 radical (unpaired) electrons. The minimum absolute atomic E-state index is 0.0182. The topological polar surface area (TPSA) is 33.7 Å². The van der Waals surface area contributed by atoms with E-state index in [9.17, 15) is 0 Å². The Hall–Kier alpha value is -1.26. The minimum Gasteiger partial charge on any atom is -0.493 e. The van der Waals surface area contributed by atoms with Crippen LogP contribution in [0.25, 0.3) is 0 Å². The fourth-order valence-electron chi connectivity index (χ4n) is 2.27. The quantitative estimate of drug-likeness (QED) is 0.832. The molecule has 0 saturated heterocycles. The Kier molecular flexibility index (Phi) is 5.84. The van der Waals surface area contributed by atoms with E-state index in [1.807, 2.05) is 6.07 Å². The van der Waals surface area contributed by atoms with Crippen LogP contribution >= 0.6 is 0 Å². The van der Waals surface area contributed by atoms with Crippen molar-refractivity contribution < 1.29 is 9.47 Å². The number of benzene rings is 1. The zero-order valence-corrected chi connectivity index (χ0v) is 13.8. The summed E-state index contributed by atoms with van der Waals surface area (Å²) >= 11 is 0. The molecule has 0 heterocycles. The highest BCUT2D eigenvalue weighted by atomic mass is 16.5. The molecule has 1 aromatic carbocycles. The van der Waals surface area contributed by atoms with Gasteiger partial charge in [-0.2, -0.15) is 0 Å². The Balaban J connectivity index is 3.22. The van der Waals surface area contributed by atoms with E-state index in [2.05, 4.69) is 57.2 Å². The molecule has 0 saturated carbocycles. The fourth-order valence-corrected chi connectivity index (χ4v) is 2.27. The number of ether oxygens (including phenoxy) is 2. The molecule has 1 aromatic rings. The van der Waals surface area contributed by atoms with Crippen molar-refractivity contribution in [3.63, 3.8) is 0 Å². The molecule has 0 aromatic heterocycles. The van der Waals surface area contributed by atoms with Gasteiger partial charge in [-0.05, 0) is 52.2 Å². The SMILES string of the molecule is CCNC(c1ccc(OC)c(OC)c1)C(C)(C)N(C)C. The van der Waals surface area contributed by atoms with Crippen molar-refractivity contribution in [2.24, 2.45) is 0 Å². The summed E-state index contributed by atoms with van der Waals surface area (Å²) in [6.45, 7) is 7.50. The lowest BCUT2D eigenvalue weighted by atomic mass is 9.87. The highest BCUT2D eigenvalue weighted by Gasteiger charge is 2.32. The van der Waals surface area contributed by atoms with Gasteiger partial charge in [0.2, 0.25) is 0 Å². The maximum absolute atomic E-state index is 5.41. The normalized spacial score (nSPS) is 13.4. The van der Waals surface area contributed by atoms with Crippen molar-refractivity contribution in [3.05, 3.63) is 23.8 Å². The molecule has 0 spiro atoms. The van der Waals surface area contributed by atoms with Crippen LogP contribution in [0.15, 0.2) is 18.2 Å². The van der Waals surface area contributed by atoms with Crippen LogP contribution in [-0.4, -0.2) is 45.3 Å². The fraction of sp³-hybridized carbons (Fsp3) is 0.625. The first-order valence-corrected chi connectivity index (χ1v) is 7.01. The molecule has 0 aliphatic carbocycles. The number of methoxy groups -OCH3 is 2. The summed E-state index contributed by atoms with van der Waals surface area (Å²) in [6.07, 6.45) is 0. The van der Waals surface area contributed by atoms with E-state index in [4.69, 9.17) is 9.47 Å². The second-order valence-electron chi connectivity index (χ2n) is 5.65. The van der Waals surface area contributed by atoms with Gasteiger partial charge in [-0.3, -0.25) is 0 Å². The zero-order chi connectivity index (χ0) is 15.3. The lowest BCUT2D eigenvalue weighted by Crippen LogP contribution is -2.49. The molecule has 1 atom stereocenters. The van der Waals surface area contributed by atoms with E-state index in [1.54, 1.807) is 14.2 Å². The molecule has 1 rings (SSSR count). The molecule has 4 nitrogen and oxygen atoms in total. The predicted octanol–water partition coefficient (Wildman–Crippen LogP) is 2.69.